The molecule has 0 spiro atoms. The number of hydrogen-bond donors (Lipinski definition) is 2. The average Bonchev–Trinajstić information content (AvgIpc) is 2.54. The minimum Gasteiger partial charge on any atom is -0.445 e. The second-order valence-electron chi connectivity index (χ2n) is 5.81. The highest BCUT2D eigenvalue weighted by atomic mass is 19.1. The van der Waals surface area contributed by atoms with Crippen LogP contribution in [0.4, 0.5) is 19.3 Å². The molecule has 0 aliphatic heterocycles. The van der Waals surface area contributed by atoms with Gasteiger partial charge in [0.2, 0.25) is 0 Å². The van der Waals surface area contributed by atoms with Crippen LogP contribution in [0.1, 0.15) is 18.4 Å². The summed E-state index contributed by atoms with van der Waals surface area (Å²) in [6, 6.07) is 13.0. The molecule has 126 valence electrons. The van der Waals surface area contributed by atoms with E-state index in [0.717, 1.165) is 5.56 Å². The van der Waals surface area contributed by atoms with E-state index in [2.05, 4.69) is 10.6 Å². The molecule has 0 unspecified atom stereocenters. The lowest BCUT2D eigenvalue weighted by Crippen LogP contribution is -2.50. The van der Waals surface area contributed by atoms with Gasteiger partial charge in [-0.3, -0.25) is 0 Å². The van der Waals surface area contributed by atoms with Crippen molar-refractivity contribution in [2.24, 2.45) is 0 Å². The van der Waals surface area contributed by atoms with Gasteiger partial charge in [0.25, 0.3) is 0 Å². The van der Waals surface area contributed by atoms with Gasteiger partial charge in [0.1, 0.15) is 23.9 Å². The standard InChI is InChI=1S/C18H18F2N2O2/c19-15-7-4-8-16(20)17(15)21-13-9-14(10-13)22-18(23)24-11-12-5-2-1-3-6-12/h1-8,13-14,21H,9-11H2,(H,22,23). The van der Waals surface area contributed by atoms with E-state index in [1.54, 1.807) is 0 Å². The molecule has 1 amide bonds. The number of alkyl carbamates (subject to hydrolysis) is 1. The van der Waals surface area contributed by atoms with Gasteiger partial charge < -0.3 is 15.4 Å². The molecule has 24 heavy (non-hydrogen) atoms. The van der Waals surface area contributed by atoms with Crippen molar-refractivity contribution in [3.8, 4) is 0 Å². The fourth-order valence-electron chi connectivity index (χ4n) is 2.62. The highest BCUT2D eigenvalue weighted by molar-refractivity contribution is 5.67. The van der Waals surface area contributed by atoms with Gasteiger partial charge in [-0.2, -0.15) is 0 Å². The van der Waals surface area contributed by atoms with Crippen molar-refractivity contribution < 1.29 is 18.3 Å². The fraction of sp³-hybridized carbons (Fsp3) is 0.278. The Labute approximate surface area is 138 Å². The zero-order valence-electron chi connectivity index (χ0n) is 13.0. The van der Waals surface area contributed by atoms with Gasteiger partial charge in [0, 0.05) is 12.1 Å². The van der Waals surface area contributed by atoms with E-state index in [0.29, 0.717) is 12.8 Å². The van der Waals surface area contributed by atoms with Gasteiger partial charge >= 0.3 is 6.09 Å². The van der Waals surface area contributed by atoms with Crippen molar-refractivity contribution in [2.45, 2.75) is 31.5 Å². The van der Waals surface area contributed by atoms with Crippen LogP contribution in [0.3, 0.4) is 0 Å². The van der Waals surface area contributed by atoms with Crippen molar-refractivity contribution in [1.82, 2.24) is 5.32 Å². The van der Waals surface area contributed by atoms with Crippen molar-refractivity contribution in [1.29, 1.82) is 0 Å². The van der Waals surface area contributed by atoms with Crippen molar-refractivity contribution in [3.05, 3.63) is 65.7 Å². The molecule has 4 nitrogen and oxygen atoms in total. The molecule has 1 aliphatic rings. The molecule has 1 saturated carbocycles. The number of para-hydroxylation sites is 1. The van der Waals surface area contributed by atoms with Crippen molar-refractivity contribution >= 4 is 11.8 Å². The summed E-state index contributed by atoms with van der Waals surface area (Å²) in [5.74, 6) is -1.23. The molecule has 0 atom stereocenters. The molecule has 2 N–H and O–H groups in total. The van der Waals surface area contributed by atoms with Crippen LogP contribution in [0, 0.1) is 11.6 Å². The summed E-state index contributed by atoms with van der Waals surface area (Å²) in [6.07, 6.45) is 0.696. The molecule has 0 heterocycles. The average molecular weight is 332 g/mol. The van der Waals surface area contributed by atoms with Gasteiger partial charge in [-0.1, -0.05) is 36.4 Å². The first-order valence-electron chi connectivity index (χ1n) is 7.79. The number of anilines is 1. The van der Waals surface area contributed by atoms with E-state index in [1.807, 2.05) is 30.3 Å². The third kappa shape index (κ3) is 4.01. The Morgan fingerprint density at radius 3 is 2.33 bits per heavy atom. The summed E-state index contributed by atoms with van der Waals surface area (Å²) < 4.78 is 32.2. The van der Waals surface area contributed by atoms with E-state index in [4.69, 9.17) is 4.74 Å². The number of ether oxygens (including phenoxy) is 1. The minimum absolute atomic E-state index is 0.0550. The quantitative estimate of drug-likeness (QED) is 0.875. The molecule has 1 fully saturated rings. The summed E-state index contributed by atoms with van der Waals surface area (Å²) >= 11 is 0. The van der Waals surface area contributed by atoms with Gasteiger partial charge in [-0.05, 0) is 30.5 Å². The molecule has 3 rings (SSSR count). The highest BCUT2D eigenvalue weighted by Gasteiger charge is 2.31. The van der Waals surface area contributed by atoms with Crippen LogP contribution in [0.25, 0.3) is 0 Å². The number of benzene rings is 2. The summed E-state index contributed by atoms with van der Waals surface area (Å²) in [6.45, 7) is 0.210. The maximum atomic E-state index is 13.5. The Morgan fingerprint density at radius 2 is 1.67 bits per heavy atom. The number of hydrogen-bond acceptors (Lipinski definition) is 3. The van der Waals surface area contributed by atoms with Gasteiger partial charge in [0.15, 0.2) is 0 Å². The van der Waals surface area contributed by atoms with Crippen LogP contribution in [0.2, 0.25) is 0 Å². The monoisotopic (exact) mass is 332 g/mol. The van der Waals surface area contributed by atoms with Crippen LogP contribution in [0.5, 0.6) is 0 Å². The number of rotatable bonds is 5. The molecule has 2 aromatic rings. The normalized spacial score (nSPS) is 19.2. The fourth-order valence-corrected chi connectivity index (χ4v) is 2.62. The number of carbonyl (C=O) groups is 1. The Morgan fingerprint density at radius 1 is 1.00 bits per heavy atom. The zero-order valence-corrected chi connectivity index (χ0v) is 13.0. The summed E-state index contributed by atoms with van der Waals surface area (Å²) in [4.78, 5) is 11.7. The Balaban J connectivity index is 1.40. The highest BCUT2D eigenvalue weighted by Crippen LogP contribution is 2.27. The van der Waals surface area contributed by atoms with Gasteiger partial charge in [0.05, 0.1) is 0 Å². The minimum atomic E-state index is -0.617. The number of halogens is 2. The molecule has 6 heteroatoms. The van der Waals surface area contributed by atoms with Crippen molar-refractivity contribution in [3.63, 3.8) is 0 Å². The lowest BCUT2D eigenvalue weighted by Gasteiger charge is -2.36. The van der Waals surface area contributed by atoms with E-state index >= 15 is 0 Å². The number of amides is 1. The molecular formula is C18H18F2N2O2. The Hall–Kier alpha value is -2.63. The third-order valence-corrected chi connectivity index (χ3v) is 3.98. The Kier molecular flexibility index (Phi) is 4.93. The lowest BCUT2D eigenvalue weighted by molar-refractivity contribution is 0.129. The third-order valence-electron chi connectivity index (χ3n) is 3.98. The topological polar surface area (TPSA) is 50.4 Å². The van der Waals surface area contributed by atoms with E-state index in [1.165, 1.54) is 18.2 Å². The molecule has 0 radical (unpaired) electrons. The van der Waals surface area contributed by atoms with Crippen LogP contribution < -0.4 is 10.6 Å². The van der Waals surface area contributed by atoms with E-state index < -0.39 is 17.7 Å². The molecular weight excluding hydrogens is 314 g/mol. The van der Waals surface area contributed by atoms with Crippen LogP contribution in [-0.4, -0.2) is 18.2 Å². The number of nitrogens with one attached hydrogen (secondary N) is 2. The van der Waals surface area contributed by atoms with E-state index in [9.17, 15) is 13.6 Å². The second-order valence-corrected chi connectivity index (χ2v) is 5.81. The number of carbonyl (C=O) groups excluding carboxylic acids is 1. The Bertz CT molecular complexity index is 683. The molecule has 1 aliphatic carbocycles. The first-order chi connectivity index (χ1) is 11.6. The van der Waals surface area contributed by atoms with Gasteiger partial charge in [-0.15, -0.1) is 0 Å². The predicted octanol–water partition coefficient (Wildman–Crippen LogP) is 3.83. The maximum absolute atomic E-state index is 13.5. The van der Waals surface area contributed by atoms with Gasteiger partial charge in [-0.25, -0.2) is 13.6 Å². The predicted molar refractivity (Wildman–Crippen MR) is 86.6 cm³/mol. The molecule has 0 aromatic heterocycles. The van der Waals surface area contributed by atoms with E-state index in [-0.39, 0.29) is 24.4 Å². The smallest absolute Gasteiger partial charge is 0.407 e. The molecule has 2 aromatic carbocycles. The summed E-state index contributed by atoms with van der Waals surface area (Å²) in [5, 5.41) is 5.58. The molecule has 0 bridgehead atoms. The SMILES string of the molecule is O=C(NC1CC(Nc2c(F)cccc2F)C1)OCc1ccccc1. The molecule has 0 saturated heterocycles. The first-order valence-corrected chi connectivity index (χ1v) is 7.79. The largest absolute Gasteiger partial charge is 0.445 e. The summed E-state index contributed by atoms with van der Waals surface area (Å²) in [7, 11) is 0. The summed E-state index contributed by atoms with van der Waals surface area (Å²) in [5.41, 5.74) is 0.795. The van der Waals surface area contributed by atoms with Crippen LogP contribution in [-0.2, 0) is 11.3 Å². The van der Waals surface area contributed by atoms with Crippen LogP contribution in [0.15, 0.2) is 48.5 Å². The van der Waals surface area contributed by atoms with Crippen LogP contribution >= 0.6 is 0 Å². The zero-order chi connectivity index (χ0) is 16.9. The second kappa shape index (κ2) is 7.29. The van der Waals surface area contributed by atoms with Crippen molar-refractivity contribution in [2.75, 3.05) is 5.32 Å². The lowest BCUT2D eigenvalue weighted by atomic mass is 9.86. The first kappa shape index (κ1) is 16.2. The maximum Gasteiger partial charge on any atom is 0.407 e.